The number of aliphatic hydroxyl groups is 1. The Morgan fingerprint density at radius 1 is 0.841 bits per heavy atom. The van der Waals surface area contributed by atoms with Crippen LogP contribution >= 0.6 is 0 Å². The number of carbonyl (C=O) groups excluding carboxylic acids is 1. The minimum Gasteiger partial charge on any atom is -0.670 e. The Balaban J connectivity index is 1.65. The van der Waals surface area contributed by atoms with E-state index in [0.29, 0.717) is 42.2 Å². The number of ether oxygens (including phenoxy) is 2. The molecule has 1 heterocycles. The lowest BCUT2D eigenvalue weighted by Gasteiger charge is -2.27. The van der Waals surface area contributed by atoms with E-state index < -0.39 is 12.0 Å². The van der Waals surface area contributed by atoms with Crippen LogP contribution in [0.15, 0.2) is 73.1 Å². The number of aromatic nitrogens is 1. The van der Waals surface area contributed by atoms with Crippen LogP contribution in [0.1, 0.15) is 54.0 Å². The first-order valence-corrected chi connectivity index (χ1v) is 14.9. The van der Waals surface area contributed by atoms with Gasteiger partial charge in [-0.05, 0) is 84.5 Å². The third-order valence-corrected chi connectivity index (χ3v) is 8.05. The number of hydrogen-bond donors (Lipinski definition) is 4. The van der Waals surface area contributed by atoms with Gasteiger partial charge >= 0.3 is 0 Å². The number of aromatic hydroxyl groups is 3. The smallest absolute Gasteiger partial charge is 0.163 e. The number of hydrogen-bond acceptors (Lipinski definition) is 7. The van der Waals surface area contributed by atoms with E-state index in [2.05, 4.69) is 18.8 Å². The Morgan fingerprint density at radius 3 is 2.27 bits per heavy atom. The van der Waals surface area contributed by atoms with E-state index in [1.807, 2.05) is 12.1 Å². The molecule has 0 radical (unpaired) electrons. The molecular weight excluding hydrogens is 558 g/mol. The van der Waals surface area contributed by atoms with Gasteiger partial charge in [0.25, 0.3) is 0 Å². The van der Waals surface area contributed by atoms with Gasteiger partial charge in [-0.15, -0.1) is 0 Å². The standard InChI is InChI=1S/C36H42NO7/c1-22(2)14-30-26(9-11-32(40)36(30)44-4)18-27(15-24-12-13-37-21-24)33(41)20-34(42)29(25-6-5-7-28(38)19-25)16-23-8-10-31(39)35(17-23)43-3/h5-13,17,19,21-22,27,29,33,38-41H,14-16,18,20H2,1-4H3/q-1/t27-,29+,33-/m1/s1. The van der Waals surface area contributed by atoms with Crippen LogP contribution in [0.4, 0.5) is 0 Å². The molecule has 234 valence electrons. The molecule has 0 aliphatic heterocycles. The average Bonchev–Trinajstić information content (AvgIpc) is 3.50. The summed E-state index contributed by atoms with van der Waals surface area (Å²) in [6, 6.07) is 16.9. The fraction of sp³-hybridized carbons (Fsp3) is 0.361. The van der Waals surface area contributed by atoms with Crippen molar-refractivity contribution in [3.8, 4) is 28.7 Å². The van der Waals surface area contributed by atoms with Gasteiger partial charge < -0.3 is 34.9 Å². The van der Waals surface area contributed by atoms with Gasteiger partial charge in [-0.3, -0.25) is 4.79 Å². The van der Waals surface area contributed by atoms with Gasteiger partial charge in [0.05, 0.1) is 20.3 Å². The molecule has 4 aromatic rings. The molecule has 0 amide bonds. The number of phenols is 3. The molecule has 8 heteroatoms. The molecule has 0 saturated carbocycles. The third kappa shape index (κ3) is 8.14. The SMILES string of the molecule is COc1cc(C[C@H](C(=O)C[C@@H](O)[C@H](Cc2cc[n-]c2)Cc2ccc(O)c(OC)c2CC(C)C)c2cccc(O)c2)ccc1O. The van der Waals surface area contributed by atoms with E-state index in [1.165, 1.54) is 20.3 Å². The van der Waals surface area contributed by atoms with Crippen molar-refractivity contribution in [3.05, 3.63) is 101 Å². The zero-order valence-corrected chi connectivity index (χ0v) is 25.7. The summed E-state index contributed by atoms with van der Waals surface area (Å²) in [5.41, 5.74) is 4.20. The summed E-state index contributed by atoms with van der Waals surface area (Å²) in [5, 5.41) is 42.5. The third-order valence-electron chi connectivity index (χ3n) is 8.05. The second-order valence-electron chi connectivity index (χ2n) is 11.8. The van der Waals surface area contributed by atoms with Gasteiger partial charge in [0, 0.05) is 17.9 Å². The lowest BCUT2D eigenvalue weighted by atomic mass is 9.80. The molecule has 0 fully saturated rings. The molecule has 44 heavy (non-hydrogen) atoms. The van der Waals surface area contributed by atoms with Gasteiger partial charge in [-0.1, -0.05) is 49.7 Å². The normalized spacial score (nSPS) is 13.4. The first-order chi connectivity index (χ1) is 21.1. The van der Waals surface area contributed by atoms with Crippen molar-refractivity contribution in [1.29, 1.82) is 0 Å². The molecule has 0 aliphatic carbocycles. The fourth-order valence-electron chi connectivity index (χ4n) is 5.84. The maximum absolute atomic E-state index is 14.0. The zero-order valence-electron chi connectivity index (χ0n) is 25.7. The van der Waals surface area contributed by atoms with Gasteiger partial charge in [0.2, 0.25) is 0 Å². The van der Waals surface area contributed by atoms with E-state index in [9.17, 15) is 25.2 Å². The highest BCUT2D eigenvalue weighted by Gasteiger charge is 2.29. The summed E-state index contributed by atoms with van der Waals surface area (Å²) in [5.74, 6) is -0.0113. The number of ketones is 1. The Kier molecular flexibility index (Phi) is 11.0. The predicted molar refractivity (Wildman–Crippen MR) is 169 cm³/mol. The average molecular weight is 601 g/mol. The largest absolute Gasteiger partial charge is 0.670 e. The van der Waals surface area contributed by atoms with Crippen LogP contribution in [0.2, 0.25) is 0 Å². The number of nitrogens with zero attached hydrogens (tertiary/aromatic N) is 1. The van der Waals surface area contributed by atoms with Crippen LogP contribution in [0.5, 0.6) is 28.7 Å². The maximum atomic E-state index is 14.0. The van der Waals surface area contributed by atoms with Crippen molar-refractivity contribution in [3.63, 3.8) is 0 Å². The molecule has 1 aromatic heterocycles. The van der Waals surface area contributed by atoms with Gasteiger partial charge in [-0.25, -0.2) is 0 Å². The molecule has 8 nitrogen and oxygen atoms in total. The first-order valence-electron chi connectivity index (χ1n) is 14.9. The first kappa shape index (κ1) is 32.5. The zero-order chi connectivity index (χ0) is 31.8. The number of methoxy groups -OCH3 is 2. The van der Waals surface area contributed by atoms with Crippen LogP contribution in [0.3, 0.4) is 0 Å². The van der Waals surface area contributed by atoms with Gasteiger partial charge in [0.15, 0.2) is 23.0 Å². The number of benzene rings is 3. The minimum absolute atomic E-state index is 0.000514. The summed E-state index contributed by atoms with van der Waals surface area (Å²) in [4.78, 5) is 18.2. The molecule has 3 aromatic carbocycles. The molecule has 0 saturated heterocycles. The molecule has 0 unspecified atom stereocenters. The Morgan fingerprint density at radius 2 is 1.61 bits per heavy atom. The number of Topliss-reactive ketones (excluding diaryl/α,β-unsaturated/α-hetero) is 1. The van der Waals surface area contributed by atoms with Crippen LogP contribution in [-0.4, -0.2) is 46.5 Å². The fourth-order valence-corrected chi connectivity index (χ4v) is 5.84. The highest BCUT2D eigenvalue weighted by molar-refractivity contribution is 5.86. The van der Waals surface area contributed by atoms with E-state index in [-0.39, 0.29) is 41.8 Å². The second-order valence-corrected chi connectivity index (χ2v) is 11.8. The van der Waals surface area contributed by atoms with Crippen molar-refractivity contribution in [1.82, 2.24) is 4.98 Å². The summed E-state index contributed by atoms with van der Waals surface area (Å²) >= 11 is 0. The van der Waals surface area contributed by atoms with Crippen LogP contribution in [-0.2, 0) is 30.5 Å². The molecule has 4 N–H and O–H groups in total. The monoisotopic (exact) mass is 600 g/mol. The maximum Gasteiger partial charge on any atom is 0.163 e. The van der Waals surface area contributed by atoms with Crippen molar-refractivity contribution >= 4 is 5.78 Å². The highest BCUT2D eigenvalue weighted by atomic mass is 16.5. The lowest BCUT2D eigenvalue weighted by molar-refractivity contribution is -0.123. The predicted octanol–water partition coefficient (Wildman–Crippen LogP) is 5.72. The summed E-state index contributed by atoms with van der Waals surface area (Å²) in [6.07, 6.45) is 4.32. The molecule has 0 bridgehead atoms. The van der Waals surface area contributed by atoms with Crippen molar-refractivity contribution < 1.29 is 34.7 Å². The lowest BCUT2D eigenvalue weighted by Crippen LogP contribution is -2.30. The number of aliphatic hydroxyl groups excluding tert-OH is 1. The summed E-state index contributed by atoms with van der Waals surface area (Å²) in [6.45, 7) is 4.19. The Labute approximate surface area is 258 Å². The van der Waals surface area contributed by atoms with E-state index in [0.717, 1.165) is 22.3 Å². The number of carbonyl (C=O) groups is 1. The van der Waals surface area contributed by atoms with E-state index in [4.69, 9.17) is 9.47 Å². The molecule has 3 atom stereocenters. The number of rotatable bonds is 15. The molecular formula is C36H42NO7-. The Bertz CT molecular complexity index is 1530. The quantitative estimate of drug-likeness (QED) is 0.136. The minimum atomic E-state index is -0.988. The van der Waals surface area contributed by atoms with E-state index in [1.54, 1.807) is 54.9 Å². The van der Waals surface area contributed by atoms with Crippen molar-refractivity contribution in [2.45, 2.75) is 58.0 Å². The van der Waals surface area contributed by atoms with Crippen LogP contribution < -0.4 is 14.5 Å². The summed E-state index contributed by atoms with van der Waals surface area (Å²) in [7, 11) is 3.00. The Hall–Kier alpha value is -4.43. The highest BCUT2D eigenvalue weighted by Crippen LogP contribution is 2.37. The molecule has 0 spiro atoms. The topological polar surface area (TPSA) is 131 Å². The molecule has 4 rings (SSSR count). The van der Waals surface area contributed by atoms with Crippen LogP contribution in [0, 0.1) is 11.8 Å². The van der Waals surface area contributed by atoms with E-state index >= 15 is 0 Å². The molecule has 0 aliphatic rings. The van der Waals surface area contributed by atoms with Crippen molar-refractivity contribution in [2.24, 2.45) is 11.8 Å². The van der Waals surface area contributed by atoms with Gasteiger partial charge in [0.1, 0.15) is 11.5 Å². The number of phenolic OH excluding ortho intramolecular Hbond substituents is 3. The van der Waals surface area contributed by atoms with Crippen molar-refractivity contribution in [2.75, 3.05) is 14.2 Å². The summed E-state index contributed by atoms with van der Waals surface area (Å²) < 4.78 is 10.8. The van der Waals surface area contributed by atoms with Gasteiger partial charge in [-0.2, -0.15) is 12.4 Å². The van der Waals surface area contributed by atoms with Crippen LogP contribution in [0.25, 0.3) is 0 Å². The second kappa shape index (κ2) is 14.8.